The Labute approximate surface area is 127 Å². The van der Waals surface area contributed by atoms with Crippen LogP contribution in [0.2, 0.25) is 5.02 Å². The molecule has 2 atom stereocenters. The molecule has 1 aromatic rings. The number of aryl methyl sites for hydroxylation is 1. The number of halogens is 1. The number of likely N-dealkylation sites (tertiary alicyclic amines) is 1. The van der Waals surface area contributed by atoms with Gasteiger partial charge in [-0.3, -0.25) is 14.3 Å². The third kappa shape index (κ3) is 3.54. The summed E-state index contributed by atoms with van der Waals surface area (Å²) >= 11 is 6.05. The molecule has 7 nitrogen and oxygen atoms in total. The minimum absolute atomic E-state index is 0.154. The monoisotopic (exact) mass is 314 g/mol. The van der Waals surface area contributed by atoms with E-state index >= 15 is 0 Å². The van der Waals surface area contributed by atoms with Crippen LogP contribution in [0.4, 0.5) is 0 Å². The van der Waals surface area contributed by atoms with Gasteiger partial charge in [0.15, 0.2) is 5.69 Å². The van der Waals surface area contributed by atoms with Crippen LogP contribution in [0.15, 0.2) is 6.20 Å². The molecule has 2 rings (SSSR count). The van der Waals surface area contributed by atoms with E-state index in [1.165, 1.54) is 11.8 Å². The number of aliphatic hydroxyl groups excluding tert-OH is 1. The Bertz CT molecular complexity index is 546. The molecular formula is C13H19ClN4O3. The van der Waals surface area contributed by atoms with Crippen LogP contribution in [-0.4, -0.2) is 56.8 Å². The number of carbonyl (C=O) groups excluding carboxylic acids is 2. The summed E-state index contributed by atoms with van der Waals surface area (Å²) in [7, 11) is 0. The third-order valence-electron chi connectivity index (χ3n) is 3.34. The molecule has 0 saturated carbocycles. The van der Waals surface area contributed by atoms with E-state index in [0.717, 1.165) is 6.42 Å². The maximum absolute atomic E-state index is 12.4. The van der Waals surface area contributed by atoms with Crippen LogP contribution < -0.4 is 5.32 Å². The van der Waals surface area contributed by atoms with Crippen molar-refractivity contribution in [1.82, 2.24) is 20.0 Å². The van der Waals surface area contributed by atoms with Crippen LogP contribution in [0, 0.1) is 0 Å². The lowest BCUT2D eigenvalue weighted by Crippen LogP contribution is -2.41. The van der Waals surface area contributed by atoms with Crippen LogP contribution in [0.5, 0.6) is 0 Å². The number of hydrogen-bond donors (Lipinski definition) is 2. The fourth-order valence-electron chi connectivity index (χ4n) is 2.39. The van der Waals surface area contributed by atoms with Crippen molar-refractivity contribution in [3.63, 3.8) is 0 Å². The minimum Gasteiger partial charge on any atom is -0.389 e. The first-order valence-corrected chi connectivity index (χ1v) is 7.27. The highest BCUT2D eigenvalue weighted by Crippen LogP contribution is 2.19. The van der Waals surface area contributed by atoms with E-state index in [2.05, 4.69) is 10.4 Å². The molecule has 0 radical (unpaired) electrons. The summed E-state index contributed by atoms with van der Waals surface area (Å²) in [5, 5.41) is 17.0. The van der Waals surface area contributed by atoms with E-state index in [4.69, 9.17) is 11.6 Å². The molecule has 8 heteroatoms. The van der Waals surface area contributed by atoms with Crippen LogP contribution in [0.3, 0.4) is 0 Å². The first-order chi connectivity index (χ1) is 9.92. The zero-order chi connectivity index (χ0) is 15.6. The minimum atomic E-state index is -0.783. The zero-order valence-corrected chi connectivity index (χ0v) is 12.8. The summed E-state index contributed by atoms with van der Waals surface area (Å²) in [5.41, 5.74) is 0.181. The molecule has 1 aliphatic heterocycles. The topological polar surface area (TPSA) is 87.5 Å². The molecule has 116 valence electrons. The number of nitrogens with one attached hydrogen (secondary N) is 1. The van der Waals surface area contributed by atoms with Crippen LogP contribution in [-0.2, 0) is 11.3 Å². The van der Waals surface area contributed by atoms with Gasteiger partial charge in [0.2, 0.25) is 5.91 Å². The predicted octanol–water partition coefficient (Wildman–Crippen LogP) is 0.268. The lowest BCUT2D eigenvalue weighted by Gasteiger charge is -2.15. The number of hydrogen-bond acceptors (Lipinski definition) is 4. The first kappa shape index (κ1) is 15.8. The largest absolute Gasteiger partial charge is 0.389 e. The molecule has 0 unspecified atom stereocenters. The molecule has 1 aromatic heterocycles. The summed E-state index contributed by atoms with van der Waals surface area (Å²) in [6.45, 7) is 4.47. The number of amides is 2. The first-order valence-electron chi connectivity index (χ1n) is 6.89. The fraction of sp³-hybridized carbons (Fsp3) is 0.615. The highest BCUT2D eigenvalue weighted by atomic mass is 35.5. The second-order valence-electron chi connectivity index (χ2n) is 5.17. The van der Waals surface area contributed by atoms with Gasteiger partial charge in [-0.05, 0) is 6.42 Å². The molecule has 2 N–H and O–H groups in total. The summed E-state index contributed by atoms with van der Waals surface area (Å²) in [6, 6.07) is -0.456. The summed E-state index contributed by atoms with van der Waals surface area (Å²) < 4.78 is 1.63. The lowest BCUT2D eigenvalue weighted by molar-refractivity contribution is -0.120. The maximum atomic E-state index is 12.4. The van der Waals surface area contributed by atoms with Gasteiger partial charge in [0.05, 0.1) is 17.2 Å². The van der Waals surface area contributed by atoms with Crippen molar-refractivity contribution in [2.45, 2.75) is 39.0 Å². The molecule has 2 amide bonds. The Morgan fingerprint density at radius 3 is 2.86 bits per heavy atom. The average molecular weight is 315 g/mol. The molecule has 1 saturated heterocycles. The fourth-order valence-corrected chi connectivity index (χ4v) is 2.62. The van der Waals surface area contributed by atoms with Crippen molar-refractivity contribution in [2.75, 3.05) is 13.1 Å². The van der Waals surface area contributed by atoms with Gasteiger partial charge in [-0.15, -0.1) is 0 Å². The average Bonchev–Trinajstić information content (AvgIpc) is 2.93. The predicted molar refractivity (Wildman–Crippen MR) is 77.0 cm³/mol. The third-order valence-corrected chi connectivity index (χ3v) is 3.61. The van der Waals surface area contributed by atoms with Gasteiger partial charge >= 0.3 is 0 Å². The van der Waals surface area contributed by atoms with Gasteiger partial charge in [-0.25, -0.2) is 0 Å². The van der Waals surface area contributed by atoms with Crippen molar-refractivity contribution in [1.29, 1.82) is 0 Å². The Morgan fingerprint density at radius 1 is 1.52 bits per heavy atom. The van der Waals surface area contributed by atoms with E-state index in [-0.39, 0.29) is 30.6 Å². The van der Waals surface area contributed by atoms with Gasteiger partial charge in [0.25, 0.3) is 5.91 Å². The number of nitrogens with zero attached hydrogens (tertiary/aromatic N) is 3. The summed E-state index contributed by atoms with van der Waals surface area (Å²) in [5.74, 6) is -0.569. The van der Waals surface area contributed by atoms with Crippen molar-refractivity contribution in [3.05, 3.63) is 16.9 Å². The number of aliphatic hydroxyl groups is 1. The van der Waals surface area contributed by atoms with Gasteiger partial charge in [0.1, 0.15) is 0 Å². The van der Waals surface area contributed by atoms with Crippen LogP contribution in [0.25, 0.3) is 0 Å². The normalized spacial score (nSPS) is 21.6. The summed E-state index contributed by atoms with van der Waals surface area (Å²) in [6.07, 6.45) is 1.73. The number of rotatable bonds is 4. The Balaban J connectivity index is 2.09. The zero-order valence-electron chi connectivity index (χ0n) is 12.0. The molecular weight excluding hydrogens is 296 g/mol. The molecule has 21 heavy (non-hydrogen) atoms. The van der Waals surface area contributed by atoms with Gasteiger partial charge in [-0.2, -0.15) is 5.10 Å². The number of aromatic nitrogens is 2. The highest BCUT2D eigenvalue weighted by Gasteiger charge is 2.36. The highest BCUT2D eigenvalue weighted by molar-refractivity contribution is 6.33. The second kappa shape index (κ2) is 6.44. The molecule has 0 bridgehead atoms. The van der Waals surface area contributed by atoms with E-state index < -0.39 is 12.1 Å². The standard InChI is InChI=1S/C13H19ClN4O3/c1-3-4-18-5-9(14)12(16-18)13(21)17-6-10(11(20)7-17)15-8(2)19/h5,10-11,20H,3-4,6-7H2,1-2H3,(H,15,19)/t10-,11-/m1/s1. The smallest absolute Gasteiger partial charge is 0.276 e. The Hall–Kier alpha value is -1.60. The lowest BCUT2D eigenvalue weighted by atomic mass is 10.2. The van der Waals surface area contributed by atoms with Crippen molar-refractivity contribution in [3.8, 4) is 0 Å². The van der Waals surface area contributed by atoms with Gasteiger partial charge < -0.3 is 15.3 Å². The number of β-amino-alcohol motifs (C(OH)–C–C–N with tert-alkyl or cyclic N) is 1. The molecule has 1 fully saturated rings. The van der Waals surface area contributed by atoms with Crippen molar-refractivity contribution >= 4 is 23.4 Å². The summed E-state index contributed by atoms with van der Waals surface area (Å²) in [4.78, 5) is 24.9. The van der Waals surface area contributed by atoms with Gasteiger partial charge in [0, 0.05) is 32.8 Å². The SMILES string of the molecule is CCCn1cc(Cl)c(C(=O)N2C[C@@H](O)[C@H](NC(C)=O)C2)n1. The van der Waals surface area contributed by atoms with E-state index in [9.17, 15) is 14.7 Å². The Morgan fingerprint density at radius 2 is 2.24 bits per heavy atom. The quantitative estimate of drug-likeness (QED) is 0.835. The van der Waals surface area contributed by atoms with E-state index in [0.29, 0.717) is 11.6 Å². The molecule has 0 aliphatic carbocycles. The van der Waals surface area contributed by atoms with Crippen LogP contribution in [0.1, 0.15) is 30.8 Å². The molecule has 1 aliphatic rings. The van der Waals surface area contributed by atoms with E-state index in [1.54, 1.807) is 10.9 Å². The van der Waals surface area contributed by atoms with Crippen molar-refractivity contribution in [2.24, 2.45) is 0 Å². The van der Waals surface area contributed by atoms with Crippen LogP contribution >= 0.6 is 11.6 Å². The van der Waals surface area contributed by atoms with E-state index in [1.807, 2.05) is 6.92 Å². The molecule has 0 aromatic carbocycles. The second-order valence-corrected chi connectivity index (χ2v) is 5.58. The van der Waals surface area contributed by atoms with Crippen molar-refractivity contribution < 1.29 is 14.7 Å². The number of carbonyl (C=O) groups is 2. The molecule has 2 heterocycles. The molecule has 0 spiro atoms. The maximum Gasteiger partial charge on any atom is 0.276 e. The Kier molecular flexibility index (Phi) is 4.84. The van der Waals surface area contributed by atoms with Gasteiger partial charge in [-0.1, -0.05) is 18.5 Å².